The number of amides is 1. The normalized spacial score (nSPS) is 11.9. The molecule has 0 saturated heterocycles. The van der Waals surface area contributed by atoms with Gasteiger partial charge in [-0.25, -0.2) is 8.78 Å². The van der Waals surface area contributed by atoms with Gasteiger partial charge in [-0.2, -0.15) is 8.42 Å². The molecule has 0 bridgehead atoms. The van der Waals surface area contributed by atoms with E-state index in [0.29, 0.717) is 6.07 Å². The molecular weight excluding hydrogens is 368 g/mol. The van der Waals surface area contributed by atoms with Crippen LogP contribution in [0, 0.1) is 18.6 Å². The largest absolute Gasteiger partial charge is 0.384 e. The van der Waals surface area contributed by atoms with Gasteiger partial charge in [-0.15, -0.1) is 0 Å². The number of carbonyl (C=O) groups is 1. The first kappa shape index (κ1) is 19.3. The lowest BCUT2D eigenvalue weighted by Crippen LogP contribution is -2.23. The van der Waals surface area contributed by atoms with Crippen LogP contribution in [0.25, 0.3) is 0 Å². The molecule has 2 rings (SSSR count). The van der Waals surface area contributed by atoms with Crippen LogP contribution >= 0.6 is 0 Å². The first-order chi connectivity index (χ1) is 12.2. The summed E-state index contributed by atoms with van der Waals surface area (Å²) in [6.45, 7) is 1.79. The summed E-state index contributed by atoms with van der Waals surface area (Å²) in [5.74, 6) is -2.99. The molecule has 0 aliphatic heterocycles. The Morgan fingerprint density at radius 1 is 1.19 bits per heavy atom. The summed E-state index contributed by atoms with van der Waals surface area (Å²) in [6.07, 6.45) is -0.555. The highest BCUT2D eigenvalue weighted by Crippen LogP contribution is 2.15. The number of carbonyl (C=O) groups excluding carboxylic acids is 1. The molecule has 1 amide bonds. The van der Waals surface area contributed by atoms with Crippen LogP contribution in [0.1, 0.15) is 12.0 Å². The van der Waals surface area contributed by atoms with E-state index in [0.717, 1.165) is 17.7 Å². The Hall–Kier alpha value is -3.01. The number of nitrogens with zero attached hydrogens (tertiary/aromatic N) is 1. The van der Waals surface area contributed by atoms with Crippen molar-refractivity contribution < 1.29 is 26.3 Å². The lowest BCUT2D eigenvalue weighted by molar-refractivity contribution is -0.115. The Morgan fingerprint density at radius 2 is 1.85 bits per heavy atom. The van der Waals surface area contributed by atoms with Gasteiger partial charge in [-0.3, -0.25) is 9.08 Å². The predicted molar refractivity (Wildman–Crippen MR) is 90.7 cm³/mol. The molecule has 0 spiro atoms. The smallest absolute Gasteiger partial charge is 0.358 e. The minimum absolute atomic E-state index is 0.127. The van der Waals surface area contributed by atoms with Gasteiger partial charge in [0.2, 0.25) is 5.91 Å². The molecule has 0 aromatic heterocycles. The summed E-state index contributed by atoms with van der Waals surface area (Å²) in [4.78, 5) is 11.6. The zero-order valence-electron chi connectivity index (χ0n) is 13.6. The summed E-state index contributed by atoms with van der Waals surface area (Å²) >= 11 is 0. The number of anilines is 1. The Balaban J connectivity index is 1.98. The Kier molecular flexibility index (Phi) is 5.88. The van der Waals surface area contributed by atoms with Crippen LogP contribution in [-0.4, -0.2) is 20.2 Å². The number of oxime groups is 1. The fourth-order valence-electron chi connectivity index (χ4n) is 1.83. The van der Waals surface area contributed by atoms with Crippen LogP contribution in [0.15, 0.2) is 52.5 Å². The van der Waals surface area contributed by atoms with E-state index in [2.05, 4.69) is 14.8 Å². The molecule has 138 valence electrons. The van der Waals surface area contributed by atoms with Crippen molar-refractivity contribution in [3.63, 3.8) is 0 Å². The van der Waals surface area contributed by atoms with Gasteiger partial charge in [-0.1, -0.05) is 22.9 Å². The maximum Gasteiger partial charge on any atom is 0.358 e. The van der Waals surface area contributed by atoms with E-state index < -0.39 is 39.9 Å². The Morgan fingerprint density at radius 3 is 2.46 bits per heavy atom. The minimum Gasteiger partial charge on any atom is -0.384 e. The van der Waals surface area contributed by atoms with E-state index in [9.17, 15) is 22.0 Å². The van der Waals surface area contributed by atoms with Gasteiger partial charge in [0.1, 0.15) is 22.4 Å². The number of benzene rings is 2. The monoisotopic (exact) mass is 383 g/mol. The van der Waals surface area contributed by atoms with Crippen molar-refractivity contribution in [2.75, 3.05) is 5.32 Å². The predicted octanol–water partition coefficient (Wildman–Crippen LogP) is 2.28. The molecule has 0 aliphatic carbocycles. The van der Waals surface area contributed by atoms with E-state index in [4.69, 9.17) is 5.73 Å². The number of hydrogen-bond acceptors (Lipinski definition) is 5. The number of hydrogen-bond donors (Lipinski definition) is 2. The average Bonchev–Trinajstić information content (AvgIpc) is 2.56. The number of aryl methyl sites for hydroxylation is 1. The quantitative estimate of drug-likeness (QED) is 0.452. The second kappa shape index (κ2) is 7.91. The molecule has 0 radical (unpaired) electrons. The molecule has 0 heterocycles. The third-order valence-corrected chi connectivity index (χ3v) is 4.23. The molecule has 3 N–H and O–H groups in total. The van der Waals surface area contributed by atoms with Crippen molar-refractivity contribution in [2.24, 2.45) is 10.9 Å². The van der Waals surface area contributed by atoms with E-state index in [1.165, 1.54) is 12.1 Å². The maximum absolute atomic E-state index is 13.4. The maximum atomic E-state index is 13.4. The Labute approximate surface area is 148 Å². The lowest BCUT2D eigenvalue weighted by atomic mass is 10.2. The SMILES string of the molecule is Cc1ccc(S(=O)(=O)O/N=C(\N)CC(=O)Nc2ccc(F)cc2F)cc1. The van der Waals surface area contributed by atoms with Crippen molar-refractivity contribution in [1.82, 2.24) is 0 Å². The molecular formula is C16H15F2N3O4S. The number of nitrogens with two attached hydrogens (primary N) is 1. The zero-order valence-corrected chi connectivity index (χ0v) is 14.4. The fraction of sp³-hybridized carbons (Fsp3) is 0.125. The molecule has 7 nitrogen and oxygen atoms in total. The van der Waals surface area contributed by atoms with Crippen LogP contribution in [0.3, 0.4) is 0 Å². The first-order valence-corrected chi connectivity index (χ1v) is 8.66. The highest BCUT2D eigenvalue weighted by Gasteiger charge is 2.16. The standard InChI is InChI=1S/C16H15F2N3O4S/c1-10-2-5-12(6-3-10)26(23,24)25-21-15(19)9-16(22)20-14-7-4-11(17)8-13(14)18/h2-8H,9H2,1H3,(H2,19,21)(H,20,22). The van der Waals surface area contributed by atoms with Gasteiger partial charge in [-0.05, 0) is 31.2 Å². The number of rotatable bonds is 6. The summed E-state index contributed by atoms with van der Waals surface area (Å²) in [5, 5.41) is 5.36. The van der Waals surface area contributed by atoms with E-state index in [-0.39, 0.29) is 10.6 Å². The van der Waals surface area contributed by atoms with Crippen LogP contribution < -0.4 is 11.1 Å². The van der Waals surface area contributed by atoms with Crippen molar-refractivity contribution in [3.05, 3.63) is 59.7 Å². The molecule has 0 fully saturated rings. The fourth-order valence-corrected chi connectivity index (χ4v) is 2.58. The number of amidine groups is 1. The molecule has 0 saturated carbocycles. The van der Waals surface area contributed by atoms with Crippen LogP contribution in [0.4, 0.5) is 14.5 Å². The highest BCUT2D eigenvalue weighted by molar-refractivity contribution is 7.86. The number of halogens is 2. The van der Waals surface area contributed by atoms with Crippen LogP contribution in [-0.2, 0) is 19.2 Å². The summed E-state index contributed by atoms with van der Waals surface area (Å²) < 4.78 is 54.6. The summed E-state index contributed by atoms with van der Waals surface area (Å²) in [7, 11) is -4.18. The molecule has 26 heavy (non-hydrogen) atoms. The molecule has 2 aromatic rings. The molecule has 0 aliphatic rings. The molecule has 0 atom stereocenters. The Bertz CT molecular complexity index is 944. The van der Waals surface area contributed by atoms with Crippen LogP contribution in [0.2, 0.25) is 0 Å². The van der Waals surface area contributed by atoms with Gasteiger partial charge >= 0.3 is 10.1 Å². The first-order valence-electron chi connectivity index (χ1n) is 7.25. The second-order valence-electron chi connectivity index (χ2n) is 5.27. The lowest BCUT2D eigenvalue weighted by Gasteiger charge is -2.06. The second-order valence-corrected chi connectivity index (χ2v) is 6.80. The van der Waals surface area contributed by atoms with Gasteiger partial charge in [0, 0.05) is 6.07 Å². The van der Waals surface area contributed by atoms with Gasteiger partial charge in [0.05, 0.1) is 12.1 Å². The van der Waals surface area contributed by atoms with Gasteiger partial charge < -0.3 is 11.1 Å². The topological polar surface area (TPSA) is 111 Å². The van der Waals surface area contributed by atoms with Gasteiger partial charge in [0.25, 0.3) is 0 Å². The summed E-state index contributed by atoms with van der Waals surface area (Å²) in [6, 6.07) is 8.43. The van der Waals surface area contributed by atoms with Crippen molar-refractivity contribution >= 4 is 27.5 Å². The van der Waals surface area contributed by atoms with Gasteiger partial charge in [0.15, 0.2) is 0 Å². The molecule has 2 aromatic carbocycles. The molecule has 0 unspecified atom stereocenters. The minimum atomic E-state index is -4.18. The number of nitrogens with one attached hydrogen (secondary N) is 1. The van der Waals surface area contributed by atoms with E-state index in [1.807, 2.05) is 0 Å². The summed E-state index contributed by atoms with van der Waals surface area (Å²) in [5.41, 5.74) is 6.05. The van der Waals surface area contributed by atoms with Crippen molar-refractivity contribution in [1.29, 1.82) is 0 Å². The van der Waals surface area contributed by atoms with Crippen LogP contribution in [0.5, 0.6) is 0 Å². The third kappa shape index (κ3) is 5.24. The van der Waals surface area contributed by atoms with E-state index in [1.54, 1.807) is 19.1 Å². The van der Waals surface area contributed by atoms with Crippen molar-refractivity contribution in [2.45, 2.75) is 18.2 Å². The van der Waals surface area contributed by atoms with Crippen molar-refractivity contribution in [3.8, 4) is 0 Å². The average molecular weight is 383 g/mol. The van der Waals surface area contributed by atoms with E-state index >= 15 is 0 Å². The zero-order chi connectivity index (χ0) is 19.3. The highest BCUT2D eigenvalue weighted by atomic mass is 32.2. The third-order valence-electron chi connectivity index (χ3n) is 3.11. The molecule has 10 heteroatoms.